The van der Waals surface area contributed by atoms with Gasteiger partial charge in [-0.3, -0.25) is 4.90 Å². The number of rotatable bonds is 10. The number of unbranched alkanes of at least 4 members (excludes halogenated alkanes) is 2. The Bertz CT molecular complexity index is 371. The standard InChI is InChI=1S/C17H30N2O/c1-4-6-10-19(11-7-5-2)14-15-8-9-16(13-18)17(12-15)20-3/h8-9,12H,4-7,10-11,13-14,18H2,1-3H3. The van der Waals surface area contributed by atoms with Gasteiger partial charge >= 0.3 is 0 Å². The van der Waals surface area contributed by atoms with E-state index in [4.69, 9.17) is 10.5 Å². The highest BCUT2D eigenvalue weighted by atomic mass is 16.5. The first-order valence-electron chi connectivity index (χ1n) is 7.83. The molecule has 0 aliphatic rings. The SMILES string of the molecule is CCCCN(CCCC)Cc1ccc(CN)c(OC)c1. The largest absolute Gasteiger partial charge is 0.496 e. The summed E-state index contributed by atoms with van der Waals surface area (Å²) < 4.78 is 5.42. The van der Waals surface area contributed by atoms with Gasteiger partial charge in [-0.25, -0.2) is 0 Å². The van der Waals surface area contributed by atoms with Crippen LogP contribution in [0.1, 0.15) is 50.7 Å². The Morgan fingerprint density at radius 3 is 2.25 bits per heavy atom. The van der Waals surface area contributed by atoms with Gasteiger partial charge in [-0.15, -0.1) is 0 Å². The lowest BCUT2D eigenvalue weighted by Gasteiger charge is -2.22. The first-order chi connectivity index (χ1) is 9.74. The third-order valence-corrected chi connectivity index (χ3v) is 3.63. The summed E-state index contributed by atoms with van der Waals surface area (Å²) in [6.07, 6.45) is 5.03. The molecule has 20 heavy (non-hydrogen) atoms. The van der Waals surface area contributed by atoms with E-state index in [0.717, 1.165) is 17.9 Å². The second-order valence-electron chi connectivity index (χ2n) is 5.33. The molecule has 0 aliphatic heterocycles. The first kappa shape index (κ1) is 17.0. The van der Waals surface area contributed by atoms with Crippen LogP contribution in [0.2, 0.25) is 0 Å². The fourth-order valence-corrected chi connectivity index (χ4v) is 2.35. The maximum atomic E-state index is 5.72. The van der Waals surface area contributed by atoms with Gasteiger partial charge in [0.2, 0.25) is 0 Å². The van der Waals surface area contributed by atoms with E-state index >= 15 is 0 Å². The zero-order valence-corrected chi connectivity index (χ0v) is 13.3. The Labute approximate surface area is 124 Å². The van der Waals surface area contributed by atoms with E-state index in [9.17, 15) is 0 Å². The molecule has 0 aliphatic carbocycles. The Hall–Kier alpha value is -1.06. The maximum absolute atomic E-state index is 5.72. The molecule has 0 aromatic heterocycles. The lowest BCUT2D eigenvalue weighted by Crippen LogP contribution is -2.25. The second kappa shape index (κ2) is 9.78. The highest BCUT2D eigenvalue weighted by Crippen LogP contribution is 2.21. The van der Waals surface area contributed by atoms with Crippen molar-refractivity contribution < 1.29 is 4.74 Å². The molecule has 0 spiro atoms. The Morgan fingerprint density at radius 2 is 1.75 bits per heavy atom. The fourth-order valence-electron chi connectivity index (χ4n) is 2.35. The number of benzene rings is 1. The van der Waals surface area contributed by atoms with Gasteiger partial charge in [0.05, 0.1) is 7.11 Å². The second-order valence-corrected chi connectivity index (χ2v) is 5.33. The smallest absolute Gasteiger partial charge is 0.123 e. The molecule has 0 fully saturated rings. The Balaban J connectivity index is 2.70. The number of hydrogen-bond acceptors (Lipinski definition) is 3. The molecule has 0 saturated carbocycles. The third-order valence-electron chi connectivity index (χ3n) is 3.63. The summed E-state index contributed by atoms with van der Waals surface area (Å²) in [6.45, 7) is 8.38. The van der Waals surface area contributed by atoms with Crippen LogP contribution in [-0.4, -0.2) is 25.1 Å². The van der Waals surface area contributed by atoms with E-state index < -0.39 is 0 Å². The summed E-state index contributed by atoms with van der Waals surface area (Å²) in [5.74, 6) is 0.913. The maximum Gasteiger partial charge on any atom is 0.123 e. The van der Waals surface area contributed by atoms with Crippen molar-refractivity contribution in [3.63, 3.8) is 0 Å². The van der Waals surface area contributed by atoms with Crippen LogP contribution in [0.15, 0.2) is 18.2 Å². The lowest BCUT2D eigenvalue weighted by molar-refractivity contribution is 0.256. The zero-order valence-electron chi connectivity index (χ0n) is 13.3. The van der Waals surface area contributed by atoms with Crippen LogP contribution in [0.4, 0.5) is 0 Å². The molecule has 0 atom stereocenters. The molecule has 1 aromatic carbocycles. The number of hydrogen-bond donors (Lipinski definition) is 1. The van der Waals surface area contributed by atoms with Gasteiger partial charge in [0.15, 0.2) is 0 Å². The summed E-state index contributed by atoms with van der Waals surface area (Å²) in [6, 6.07) is 6.40. The minimum Gasteiger partial charge on any atom is -0.496 e. The van der Waals surface area contributed by atoms with Crippen LogP contribution in [0.5, 0.6) is 5.75 Å². The fraction of sp³-hybridized carbons (Fsp3) is 0.647. The highest BCUT2D eigenvalue weighted by Gasteiger charge is 2.08. The molecule has 0 saturated heterocycles. The van der Waals surface area contributed by atoms with Gasteiger partial charge in [-0.1, -0.05) is 38.8 Å². The van der Waals surface area contributed by atoms with Crippen LogP contribution in [0.3, 0.4) is 0 Å². The van der Waals surface area contributed by atoms with Crippen LogP contribution in [0.25, 0.3) is 0 Å². The summed E-state index contributed by atoms with van der Waals surface area (Å²) in [4.78, 5) is 2.55. The molecule has 1 rings (SSSR count). The molecule has 3 nitrogen and oxygen atoms in total. The summed E-state index contributed by atoms with van der Waals surface area (Å²) >= 11 is 0. The predicted molar refractivity (Wildman–Crippen MR) is 86.0 cm³/mol. The lowest BCUT2D eigenvalue weighted by atomic mass is 10.1. The molecular formula is C17H30N2O. The normalized spacial score (nSPS) is 11.1. The van der Waals surface area contributed by atoms with Crippen molar-refractivity contribution in [2.24, 2.45) is 5.73 Å². The average molecular weight is 278 g/mol. The molecule has 0 radical (unpaired) electrons. The van der Waals surface area contributed by atoms with E-state index in [2.05, 4.69) is 36.9 Å². The summed E-state index contributed by atoms with van der Waals surface area (Å²) in [5.41, 5.74) is 8.10. The van der Waals surface area contributed by atoms with Gasteiger partial charge in [-0.2, -0.15) is 0 Å². The van der Waals surface area contributed by atoms with E-state index in [0.29, 0.717) is 6.54 Å². The third kappa shape index (κ3) is 5.51. The molecule has 1 aromatic rings. The molecule has 0 unspecified atom stereocenters. The monoisotopic (exact) mass is 278 g/mol. The quantitative estimate of drug-likeness (QED) is 0.711. The number of methoxy groups -OCH3 is 1. The molecular weight excluding hydrogens is 248 g/mol. The van der Waals surface area contributed by atoms with Crippen molar-refractivity contribution in [1.29, 1.82) is 0 Å². The van der Waals surface area contributed by atoms with Crippen molar-refractivity contribution in [3.8, 4) is 5.75 Å². The van der Waals surface area contributed by atoms with Crippen molar-refractivity contribution in [3.05, 3.63) is 29.3 Å². The molecule has 0 amide bonds. The van der Waals surface area contributed by atoms with Gasteiger partial charge in [0, 0.05) is 18.7 Å². The van der Waals surface area contributed by atoms with Crippen LogP contribution in [0, 0.1) is 0 Å². The van der Waals surface area contributed by atoms with E-state index in [1.165, 1.54) is 44.3 Å². The van der Waals surface area contributed by atoms with Gasteiger partial charge < -0.3 is 10.5 Å². The van der Waals surface area contributed by atoms with Crippen LogP contribution >= 0.6 is 0 Å². The van der Waals surface area contributed by atoms with Crippen LogP contribution in [-0.2, 0) is 13.1 Å². The minimum atomic E-state index is 0.527. The average Bonchev–Trinajstić information content (AvgIpc) is 2.49. The van der Waals surface area contributed by atoms with Gasteiger partial charge in [-0.05, 0) is 37.6 Å². The topological polar surface area (TPSA) is 38.5 Å². The van der Waals surface area contributed by atoms with Crippen molar-refractivity contribution in [1.82, 2.24) is 4.90 Å². The molecule has 2 N–H and O–H groups in total. The van der Waals surface area contributed by atoms with E-state index in [-0.39, 0.29) is 0 Å². The van der Waals surface area contributed by atoms with Gasteiger partial charge in [0.25, 0.3) is 0 Å². The van der Waals surface area contributed by atoms with E-state index in [1.807, 2.05) is 0 Å². The molecule has 0 heterocycles. The number of nitrogens with zero attached hydrogens (tertiary/aromatic N) is 1. The Kier molecular flexibility index (Phi) is 8.31. The molecule has 3 heteroatoms. The predicted octanol–water partition coefficient (Wildman–Crippen LogP) is 3.56. The first-order valence-corrected chi connectivity index (χ1v) is 7.83. The van der Waals surface area contributed by atoms with Crippen molar-refractivity contribution in [2.45, 2.75) is 52.6 Å². The molecule has 0 bridgehead atoms. The number of nitrogens with two attached hydrogens (primary N) is 1. The highest BCUT2D eigenvalue weighted by molar-refractivity contribution is 5.37. The van der Waals surface area contributed by atoms with Crippen LogP contribution < -0.4 is 10.5 Å². The Morgan fingerprint density at radius 1 is 1.10 bits per heavy atom. The van der Waals surface area contributed by atoms with E-state index in [1.54, 1.807) is 7.11 Å². The summed E-state index contributed by atoms with van der Waals surface area (Å²) in [7, 11) is 1.71. The van der Waals surface area contributed by atoms with Crippen molar-refractivity contribution >= 4 is 0 Å². The molecule has 114 valence electrons. The minimum absolute atomic E-state index is 0.527. The van der Waals surface area contributed by atoms with Crippen molar-refractivity contribution in [2.75, 3.05) is 20.2 Å². The summed E-state index contributed by atoms with van der Waals surface area (Å²) in [5, 5.41) is 0. The number of ether oxygens (including phenoxy) is 1. The zero-order chi connectivity index (χ0) is 14.8. The van der Waals surface area contributed by atoms with Gasteiger partial charge in [0.1, 0.15) is 5.75 Å².